The van der Waals surface area contributed by atoms with E-state index >= 15 is 0 Å². The first-order valence-electron chi connectivity index (χ1n) is 5.56. The molecule has 0 amide bonds. The molecule has 0 bridgehead atoms. The van der Waals surface area contributed by atoms with Crippen LogP contribution in [0.2, 0.25) is 0 Å². The molecule has 0 heterocycles. The number of unbranched alkanes of at least 4 members (excludes halogenated alkanes) is 2. The number of hydrogen-bond donors (Lipinski definition) is 2. The first kappa shape index (κ1) is 13.9. The van der Waals surface area contributed by atoms with Crippen LogP contribution < -0.4 is 5.32 Å². The quantitative estimate of drug-likeness (QED) is 0.578. The average molecular weight is 202 g/mol. The van der Waals surface area contributed by atoms with Gasteiger partial charge in [-0.05, 0) is 34.0 Å². The highest BCUT2D eigenvalue weighted by Crippen LogP contribution is 2.05. The van der Waals surface area contributed by atoms with Crippen LogP contribution >= 0.6 is 0 Å². The van der Waals surface area contributed by atoms with Crippen LogP contribution in [0.15, 0.2) is 0 Å². The zero-order valence-electron chi connectivity index (χ0n) is 10.1. The molecule has 3 nitrogen and oxygen atoms in total. The van der Waals surface area contributed by atoms with Gasteiger partial charge >= 0.3 is 0 Å². The molecule has 3 heteroatoms. The van der Waals surface area contributed by atoms with Crippen molar-refractivity contribution in [2.24, 2.45) is 0 Å². The Kier molecular flexibility index (Phi) is 7.15. The van der Waals surface area contributed by atoms with Crippen LogP contribution in [0.1, 0.15) is 33.1 Å². The van der Waals surface area contributed by atoms with Crippen molar-refractivity contribution < 1.29 is 5.11 Å². The van der Waals surface area contributed by atoms with Gasteiger partial charge in [-0.3, -0.25) is 0 Å². The van der Waals surface area contributed by atoms with Gasteiger partial charge < -0.3 is 15.3 Å². The standard InChI is InChI=1S/C11H26N2O/c1-5-6-7-8-13(4)9-11(2,10-14)12-3/h12,14H,5-10H2,1-4H3. The fourth-order valence-electron chi connectivity index (χ4n) is 1.51. The Balaban J connectivity index is 3.73. The van der Waals surface area contributed by atoms with Gasteiger partial charge in [0.05, 0.1) is 12.1 Å². The molecule has 0 aromatic carbocycles. The molecule has 0 aromatic heterocycles. The lowest BCUT2D eigenvalue weighted by molar-refractivity contribution is 0.138. The largest absolute Gasteiger partial charge is 0.394 e. The van der Waals surface area contributed by atoms with Gasteiger partial charge in [0, 0.05) is 6.54 Å². The second kappa shape index (κ2) is 7.21. The predicted octanol–water partition coefficient (Wildman–Crippen LogP) is 1.08. The maximum absolute atomic E-state index is 9.22. The Bertz CT molecular complexity index is 135. The molecule has 0 aliphatic heterocycles. The molecule has 2 N–H and O–H groups in total. The lowest BCUT2D eigenvalue weighted by Crippen LogP contribution is -2.51. The lowest BCUT2D eigenvalue weighted by Gasteiger charge is -2.31. The van der Waals surface area contributed by atoms with Gasteiger partial charge in [0.1, 0.15) is 0 Å². The molecule has 14 heavy (non-hydrogen) atoms. The van der Waals surface area contributed by atoms with Crippen LogP contribution in [0.25, 0.3) is 0 Å². The van der Waals surface area contributed by atoms with Crippen molar-refractivity contribution >= 4 is 0 Å². The third-order valence-electron chi connectivity index (χ3n) is 2.71. The van der Waals surface area contributed by atoms with E-state index in [4.69, 9.17) is 0 Å². The highest BCUT2D eigenvalue weighted by Gasteiger charge is 2.22. The van der Waals surface area contributed by atoms with Gasteiger partial charge in [-0.25, -0.2) is 0 Å². The monoisotopic (exact) mass is 202 g/mol. The Morgan fingerprint density at radius 2 is 2.00 bits per heavy atom. The molecule has 1 unspecified atom stereocenters. The minimum atomic E-state index is -0.166. The van der Waals surface area contributed by atoms with Gasteiger partial charge in [0.15, 0.2) is 0 Å². The Morgan fingerprint density at radius 3 is 2.43 bits per heavy atom. The maximum Gasteiger partial charge on any atom is 0.0623 e. The molecule has 0 rings (SSSR count). The minimum Gasteiger partial charge on any atom is -0.394 e. The van der Waals surface area contributed by atoms with Crippen LogP contribution in [0.4, 0.5) is 0 Å². The average Bonchev–Trinajstić information content (AvgIpc) is 2.18. The first-order chi connectivity index (χ1) is 6.58. The summed E-state index contributed by atoms with van der Waals surface area (Å²) in [4.78, 5) is 2.28. The van der Waals surface area contributed by atoms with Gasteiger partial charge in [0.2, 0.25) is 0 Å². The SMILES string of the molecule is CCCCCN(C)CC(C)(CO)NC. The van der Waals surface area contributed by atoms with Gasteiger partial charge in [-0.1, -0.05) is 19.8 Å². The topological polar surface area (TPSA) is 35.5 Å². The normalized spacial score (nSPS) is 15.9. The summed E-state index contributed by atoms with van der Waals surface area (Å²) in [5.74, 6) is 0. The van der Waals surface area contributed by atoms with Crippen molar-refractivity contribution in [2.75, 3.05) is 33.8 Å². The van der Waals surface area contributed by atoms with Gasteiger partial charge in [0.25, 0.3) is 0 Å². The predicted molar refractivity (Wildman–Crippen MR) is 61.6 cm³/mol. The van der Waals surface area contributed by atoms with E-state index in [-0.39, 0.29) is 12.1 Å². The molecule has 0 saturated heterocycles. The van der Waals surface area contributed by atoms with Crippen molar-refractivity contribution in [1.82, 2.24) is 10.2 Å². The highest BCUT2D eigenvalue weighted by molar-refractivity contribution is 4.83. The van der Waals surface area contributed by atoms with E-state index in [1.54, 1.807) is 0 Å². The van der Waals surface area contributed by atoms with E-state index < -0.39 is 0 Å². The summed E-state index contributed by atoms with van der Waals surface area (Å²) >= 11 is 0. The van der Waals surface area contributed by atoms with Gasteiger partial charge in [-0.2, -0.15) is 0 Å². The maximum atomic E-state index is 9.22. The fraction of sp³-hybridized carbons (Fsp3) is 1.00. The summed E-state index contributed by atoms with van der Waals surface area (Å²) in [6.07, 6.45) is 3.80. The molecular formula is C11H26N2O. The zero-order chi connectivity index (χ0) is 11.0. The molecular weight excluding hydrogens is 176 g/mol. The van der Waals surface area contributed by atoms with Crippen LogP contribution in [0, 0.1) is 0 Å². The van der Waals surface area contributed by atoms with E-state index in [2.05, 4.69) is 24.2 Å². The van der Waals surface area contributed by atoms with Crippen molar-refractivity contribution in [3.05, 3.63) is 0 Å². The van der Waals surface area contributed by atoms with Crippen molar-refractivity contribution in [3.8, 4) is 0 Å². The van der Waals surface area contributed by atoms with Crippen LogP contribution in [-0.4, -0.2) is 49.3 Å². The number of aliphatic hydroxyl groups excluding tert-OH is 1. The van der Waals surface area contributed by atoms with Crippen molar-refractivity contribution in [2.45, 2.75) is 38.6 Å². The molecule has 0 radical (unpaired) electrons. The zero-order valence-corrected chi connectivity index (χ0v) is 10.1. The summed E-state index contributed by atoms with van der Waals surface area (Å²) in [7, 11) is 4.01. The minimum absolute atomic E-state index is 0.166. The van der Waals surface area contributed by atoms with Crippen LogP contribution in [-0.2, 0) is 0 Å². The fourth-order valence-corrected chi connectivity index (χ4v) is 1.51. The van der Waals surface area contributed by atoms with E-state index in [0.717, 1.165) is 13.1 Å². The second-order valence-electron chi connectivity index (χ2n) is 4.41. The van der Waals surface area contributed by atoms with E-state index in [9.17, 15) is 5.11 Å². The highest BCUT2D eigenvalue weighted by atomic mass is 16.3. The number of nitrogens with zero attached hydrogens (tertiary/aromatic N) is 1. The van der Waals surface area contributed by atoms with Crippen LogP contribution in [0.3, 0.4) is 0 Å². The summed E-state index contributed by atoms with van der Waals surface area (Å²) in [6.45, 7) is 6.45. The summed E-state index contributed by atoms with van der Waals surface area (Å²) in [6, 6.07) is 0. The molecule has 86 valence electrons. The summed E-state index contributed by atoms with van der Waals surface area (Å²) in [5.41, 5.74) is -0.166. The number of rotatable bonds is 8. The Morgan fingerprint density at radius 1 is 1.36 bits per heavy atom. The molecule has 0 aliphatic rings. The molecule has 0 spiro atoms. The lowest BCUT2D eigenvalue weighted by atomic mass is 10.0. The summed E-state index contributed by atoms with van der Waals surface area (Å²) in [5, 5.41) is 12.4. The molecule has 0 saturated carbocycles. The van der Waals surface area contributed by atoms with Crippen molar-refractivity contribution in [3.63, 3.8) is 0 Å². The van der Waals surface area contributed by atoms with E-state index in [0.29, 0.717) is 0 Å². The molecule has 0 aliphatic carbocycles. The van der Waals surface area contributed by atoms with Crippen molar-refractivity contribution in [1.29, 1.82) is 0 Å². The summed E-state index contributed by atoms with van der Waals surface area (Å²) < 4.78 is 0. The number of aliphatic hydroxyl groups is 1. The van der Waals surface area contributed by atoms with Crippen LogP contribution in [0.5, 0.6) is 0 Å². The third-order valence-corrected chi connectivity index (χ3v) is 2.71. The number of likely N-dealkylation sites (N-methyl/N-ethyl adjacent to an activating group) is 2. The second-order valence-corrected chi connectivity index (χ2v) is 4.41. The molecule has 1 atom stereocenters. The smallest absolute Gasteiger partial charge is 0.0623 e. The Hall–Kier alpha value is -0.120. The Labute approximate surface area is 88.5 Å². The van der Waals surface area contributed by atoms with E-state index in [1.807, 2.05) is 14.0 Å². The van der Waals surface area contributed by atoms with E-state index in [1.165, 1.54) is 19.3 Å². The number of nitrogens with one attached hydrogen (secondary N) is 1. The molecule has 0 aromatic rings. The van der Waals surface area contributed by atoms with Gasteiger partial charge in [-0.15, -0.1) is 0 Å². The first-order valence-corrected chi connectivity index (χ1v) is 5.56. The molecule has 0 fully saturated rings. The number of hydrogen-bond acceptors (Lipinski definition) is 3. The third kappa shape index (κ3) is 5.58.